The van der Waals surface area contributed by atoms with Crippen LogP contribution in [0, 0.1) is 18.3 Å². The number of ether oxygens (including phenoxy) is 2. The molecule has 0 saturated carbocycles. The second-order valence-corrected chi connectivity index (χ2v) is 9.97. The van der Waals surface area contributed by atoms with Crippen LogP contribution in [0.1, 0.15) is 34.8 Å². The van der Waals surface area contributed by atoms with Gasteiger partial charge in [-0.1, -0.05) is 29.8 Å². The minimum absolute atomic E-state index is 0.181. The number of carbonyl (C=O) groups excluding carboxylic acids is 2. The van der Waals surface area contributed by atoms with Gasteiger partial charge in [-0.3, -0.25) is 4.79 Å². The molecule has 4 aromatic rings. The fourth-order valence-corrected chi connectivity index (χ4v) is 4.92. The molecule has 0 fully saturated rings. The number of anilines is 1. The number of pyridine rings is 1. The third-order valence-corrected chi connectivity index (χ3v) is 7.07. The second-order valence-electron chi connectivity index (χ2n) is 8.89. The maximum atomic E-state index is 12.6. The number of nitrogens with zero attached hydrogens (tertiary/aromatic N) is 2. The van der Waals surface area contributed by atoms with Crippen molar-refractivity contribution >= 4 is 29.3 Å². The highest BCUT2D eigenvalue weighted by Gasteiger charge is 2.17. The van der Waals surface area contributed by atoms with Gasteiger partial charge >= 0.3 is 5.97 Å². The number of aryl methyl sites for hydroxylation is 1. The van der Waals surface area contributed by atoms with E-state index in [-0.39, 0.29) is 12.3 Å². The summed E-state index contributed by atoms with van der Waals surface area (Å²) in [5.74, 6) is 0.583. The van der Waals surface area contributed by atoms with E-state index >= 15 is 0 Å². The first-order chi connectivity index (χ1) is 19.4. The van der Waals surface area contributed by atoms with Crippen molar-refractivity contribution in [3.8, 4) is 34.2 Å². The van der Waals surface area contributed by atoms with E-state index in [0.717, 1.165) is 33.7 Å². The zero-order valence-corrected chi connectivity index (χ0v) is 23.4. The van der Waals surface area contributed by atoms with Crippen LogP contribution in [0.5, 0.6) is 5.75 Å². The predicted octanol–water partition coefficient (Wildman–Crippen LogP) is 6.90. The number of amides is 1. The van der Waals surface area contributed by atoms with E-state index in [1.165, 1.54) is 11.8 Å². The van der Waals surface area contributed by atoms with Gasteiger partial charge in [0.2, 0.25) is 5.91 Å². The highest BCUT2D eigenvalue weighted by molar-refractivity contribution is 7.99. The van der Waals surface area contributed by atoms with E-state index in [0.29, 0.717) is 34.2 Å². The van der Waals surface area contributed by atoms with Gasteiger partial charge in [0, 0.05) is 29.0 Å². The summed E-state index contributed by atoms with van der Waals surface area (Å²) >= 11 is 1.37. The van der Waals surface area contributed by atoms with Crippen LogP contribution < -0.4 is 10.1 Å². The van der Waals surface area contributed by atoms with Gasteiger partial charge < -0.3 is 14.8 Å². The monoisotopic (exact) mass is 551 g/mol. The van der Waals surface area contributed by atoms with Gasteiger partial charge in [-0.05, 0) is 74.0 Å². The van der Waals surface area contributed by atoms with Crippen molar-refractivity contribution in [3.05, 3.63) is 95.6 Å². The molecule has 3 aromatic carbocycles. The average Bonchev–Trinajstić information content (AvgIpc) is 2.97. The van der Waals surface area contributed by atoms with Crippen LogP contribution in [-0.2, 0) is 9.53 Å². The molecule has 0 aliphatic heterocycles. The molecule has 7 nitrogen and oxygen atoms in total. The van der Waals surface area contributed by atoms with Crippen molar-refractivity contribution < 1.29 is 19.1 Å². The molecule has 202 valence electrons. The lowest BCUT2D eigenvalue weighted by Crippen LogP contribution is -2.12. The summed E-state index contributed by atoms with van der Waals surface area (Å²) in [4.78, 5) is 29.3. The number of carbonyl (C=O) groups is 2. The Kier molecular flexibility index (Phi) is 9.55. The Morgan fingerprint density at radius 1 is 0.975 bits per heavy atom. The molecule has 1 heterocycles. The van der Waals surface area contributed by atoms with Gasteiger partial charge in [-0.15, -0.1) is 11.8 Å². The molecular formula is C32H29N3O4S. The standard InChI is InChI=1S/C32H29N3O4S/c1-4-39-32(37)24-9-13-25(14-10-24)34-30(36)17-18-40-31-28(20-33)27(22-7-5-21(2)6-8-22)19-29(35-31)23-11-15-26(38-3)16-12-23/h5-16,19H,4,17-18H2,1-3H3,(H,34,36). The van der Waals surface area contributed by atoms with Crippen molar-refractivity contribution in [1.29, 1.82) is 5.26 Å². The molecule has 1 amide bonds. The zero-order valence-electron chi connectivity index (χ0n) is 22.6. The molecule has 0 saturated heterocycles. The van der Waals surface area contributed by atoms with E-state index in [1.807, 2.05) is 61.5 Å². The number of benzene rings is 3. The maximum absolute atomic E-state index is 12.6. The normalized spacial score (nSPS) is 10.4. The summed E-state index contributed by atoms with van der Waals surface area (Å²) in [7, 11) is 1.62. The summed E-state index contributed by atoms with van der Waals surface area (Å²) in [6, 6.07) is 26.5. The van der Waals surface area contributed by atoms with Gasteiger partial charge in [0.25, 0.3) is 0 Å². The quantitative estimate of drug-likeness (QED) is 0.169. The van der Waals surface area contributed by atoms with E-state index in [2.05, 4.69) is 11.4 Å². The average molecular weight is 552 g/mol. The minimum atomic E-state index is -0.403. The number of hydrogen-bond donors (Lipinski definition) is 1. The third kappa shape index (κ3) is 7.07. The highest BCUT2D eigenvalue weighted by Crippen LogP contribution is 2.35. The summed E-state index contributed by atoms with van der Waals surface area (Å²) in [5, 5.41) is 13.5. The van der Waals surface area contributed by atoms with Crippen LogP contribution in [0.4, 0.5) is 5.69 Å². The van der Waals surface area contributed by atoms with Gasteiger partial charge in [-0.25, -0.2) is 9.78 Å². The molecular weight excluding hydrogens is 522 g/mol. The molecule has 40 heavy (non-hydrogen) atoms. The number of rotatable bonds is 10. The number of thioether (sulfide) groups is 1. The third-order valence-electron chi connectivity index (χ3n) is 6.09. The Morgan fingerprint density at radius 3 is 2.27 bits per heavy atom. The molecule has 8 heteroatoms. The number of aromatic nitrogens is 1. The number of esters is 1. The molecule has 0 atom stereocenters. The lowest BCUT2D eigenvalue weighted by Gasteiger charge is -2.13. The maximum Gasteiger partial charge on any atom is 0.338 e. The smallest absolute Gasteiger partial charge is 0.338 e. The van der Waals surface area contributed by atoms with Crippen LogP contribution in [0.2, 0.25) is 0 Å². The van der Waals surface area contributed by atoms with Crippen molar-refractivity contribution in [2.45, 2.75) is 25.3 Å². The van der Waals surface area contributed by atoms with Crippen molar-refractivity contribution in [1.82, 2.24) is 4.98 Å². The minimum Gasteiger partial charge on any atom is -0.497 e. The Morgan fingerprint density at radius 2 is 1.65 bits per heavy atom. The molecule has 1 N–H and O–H groups in total. The summed E-state index contributed by atoms with van der Waals surface area (Å²) in [6.45, 7) is 4.07. The lowest BCUT2D eigenvalue weighted by molar-refractivity contribution is -0.115. The van der Waals surface area contributed by atoms with Crippen LogP contribution >= 0.6 is 11.8 Å². The van der Waals surface area contributed by atoms with Crippen LogP contribution in [-0.4, -0.2) is 36.3 Å². The molecule has 0 unspecified atom stereocenters. The lowest BCUT2D eigenvalue weighted by atomic mass is 9.98. The van der Waals surface area contributed by atoms with Gasteiger partial charge in [0.1, 0.15) is 16.8 Å². The molecule has 0 radical (unpaired) electrons. The van der Waals surface area contributed by atoms with Crippen LogP contribution in [0.3, 0.4) is 0 Å². The summed E-state index contributed by atoms with van der Waals surface area (Å²) in [6.07, 6.45) is 0.212. The second kappa shape index (κ2) is 13.5. The largest absolute Gasteiger partial charge is 0.497 e. The summed E-state index contributed by atoms with van der Waals surface area (Å²) < 4.78 is 10.3. The van der Waals surface area contributed by atoms with Gasteiger partial charge in [-0.2, -0.15) is 5.26 Å². The first-order valence-corrected chi connectivity index (χ1v) is 13.8. The molecule has 0 aliphatic rings. The number of methoxy groups -OCH3 is 1. The van der Waals surface area contributed by atoms with Crippen molar-refractivity contribution in [2.75, 3.05) is 24.8 Å². The van der Waals surface area contributed by atoms with E-state index in [9.17, 15) is 14.9 Å². The number of nitriles is 1. The Hall–Kier alpha value is -4.61. The molecule has 0 aliphatic carbocycles. The van der Waals surface area contributed by atoms with E-state index in [1.54, 1.807) is 38.3 Å². The zero-order chi connectivity index (χ0) is 28.5. The van der Waals surface area contributed by atoms with Crippen LogP contribution in [0.15, 0.2) is 83.9 Å². The Bertz CT molecular complexity index is 1530. The Labute approximate surface area is 238 Å². The van der Waals surface area contributed by atoms with Gasteiger partial charge in [0.15, 0.2) is 0 Å². The number of nitrogens with one attached hydrogen (secondary N) is 1. The Balaban J connectivity index is 1.53. The SMILES string of the molecule is CCOC(=O)c1ccc(NC(=O)CCSc2nc(-c3ccc(OC)cc3)cc(-c3ccc(C)cc3)c2C#N)cc1. The highest BCUT2D eigenvalue weighted by atomic mass is 32.2. The molecule has 1 aromatic heterocycles. The fraction of sp³-hybridized carbons (Fsp3) is 0.188. The first kappa shape index (κ1) is 28.4. The van der Waals surface area contributed by atoms with Crippen molar-refractivity contribution in [2.24, 2.45) is 0 Å². The van der Waals surface area contributed by atoms with E-state index in [4.69, 9.17) is 14.5 Å². The fourth-order valence-electron chi connectivity index (χ4n) is 3.97. The molecule has 0 bridgehead atoms. The summed E-state index contributed by atoms with van der Waals surface area (Å²) in [5.41, 5.74) is 5.94. The van der Waals surface area contributed by atoms with Crippen LogP contribution in [0.25, 0.3) is 22.4 Å². The first-order valence-electron chi connectivity index (χ1n) is 12.8. The van der Waals surface area contributed by atoms with E-state index < -0.39 is 5.97 Å². The topological polar surface area (TPSA) is 101 Å². The predicted molar refractivity (Wildman–Crippen MR) is 157 cm³/mol. The number of hydrogen-bond acceptors (Lipinski definition) is 7. The van der Waals surface area contributed by atoms with Gasteiger partial charge in [0.05, 0.1) is 30.5 Å². The molecule has 4 rings (SSSR count). The molecule has 0 spiro atoms. The van der Waals surface area contributed by atoms with Crippen molar-refractivity contribution in [3.63, 3.8) is 0 Å².